The van der Waals surface area contributed by atoms with Crippen LogP contribution in [0.3, 0.4) is 0 Å². The summed E-state index contributed by atoms with van der Waals surface area (Å²) in [6.07, 6.45) is 12.6. The molecule has 2 aromatic heterocycles. The summed E-state index contributed by atoms with van der Waals surface area (Å²) in [6, 6.07) is 3.24. The lowest BCUT2D eigenvalue weighted by molar-refractivity contribution is 0.283. The van der Waals surface area contributed by atoms with E-state index in [0.717, 1.165) is 31.3 Å². The van der Waals surface area contributed by atoms with Crippen LogP contribution in [-0.4, -0.2) is 46.7 Å². The predicted molar refractivity (Wildman–Crippen MR) is 95.8 cm³/mol. The van der Waals surface area contributed by atoms with Crippen molar-refractivity contribution in [2.75, 3.05) is 6.54 Å². The number of aromatic amines is 1. The number of rotatable bonds is 3. The number of pyridine rings is 1. The second-order valence-corrected chi connectivity index (χ2v) is 7.98. The van der Waals surface area contributed by atoms with Crippen molar-refractivity contribution in [3.05, 3.63) is 42.3 Å². The Kier molecular flexibility index (Phi) is 4.22. The van der Waals surface area contributed by atoms with Gasteiger partial charge in [0.15, 0.2) is 10.7 Å². The third-order valence-electron chi connectivity index (χ3n) is 4.58. The molecule has 2 aliphatic heterocycles. The minimum absolute atomic E-state index is 0.115. The first-order valence-electron chi connectivity index (χ1n) is 8.37. The number of fused-ring (bicyclic) bond motifs is 1. The predicted octanol–water partition coefficient (Wildman–Crippen LogP) is 2.42. The highest BCUT2D eigenvalue weighted by Crippen LogP contribution is 2.31. The Morgan fingerprint density at radius 2 is 2.20 bits per heavy atom. The lowest BCUT2D eigenvalue weighted by atomic mass is 9.97. The van der Waals surface area contributed by atoms with Crippen molar-refractivity contribution in [2.24, 2.45) is 4.99 Å². The molecule has 0 bridgehead atoms. The number of aromatic nitrogens is 3. The normalized spacial score (nSPS) is 22.1. The molecule has 1 saturated heterocycles. The number of hydrogen-bond donors (Lipinski definition) is 1. The zero-order valence-electron chi connectivity index (χ0n) is 13.7. The Labute approximate surface area is 146 Å². The van der Waals surface area contributed by atoms with E-state index in [2.05, 4.69) is 20.2 Å². The van der Waals surface area contributed by atoms with Crippen LogP contribution in [0, 0.1) is 0 Å². The maximum absolute atomic E-state index is 13.3. The van der Waals surface area contributed by atoms with E-state index >= 15 is 0 Å². The van der Waals surface area contributed by atoms with Crippen molar-refractivity contribution in [1.29, 1.82) is 0 Å². The summed E-state index contributed by atoms with van der Waals surface area (Å²) in [5, 5.41) is 7.35. The van der Waals surface area contributed by atoms with Crippen molar-refractivity contribution < 1.29 is 8.42 Å². The molecule has 7 nitrogen and oxygen atoms in total. The summed E-state index contributed by atoms with van der Waals surface area (Å²) in [7, 11) is -3.71. The lowest BCUT2D eigenvalue weighted by Gasteiger charge is -2.34. The van der Waals surface area contributed by atoms with Crippen molar-refractivity contribution in [3.8, 4) is 0 Å². The van der Waals surface area contributed by atoms with Gasteiger partial charge >= 0.3 is 0 Å². The average molecular weight is 357 g/mol. The molecule has 4 heterocycles. The van der Waals surface area contributed by atoms with Gasteiger partial charge in [0.05, 0.1) is 11.4 Å². The number of nitrogens with zero attached hydrogens (tertiary/aromatic N) is 4. The Balaban J connectivity index is 1.77. The molecule has 0 radical (unpaired) electrons. The number of allylic oxidation sites excluding steroid dienone is 1. The first kappa shape index (κ1) is 16.2. The minimum Gasteiger partial charge on any atom is -0.268 e. The number of aliphatic imine (C=N–C) groups is 1. The van der Waals surface area contributed by atoms with Gasteiger partial charge in [0.2, 0.25) is 0 Å². The van der Waals surface area contributed by atoms with Crippen LogP contribution in [-0.2, 0) is 10.0 Å². The smallest absolute Gasteiger partial charge is 0.261 e. The van der Waals surface area contributed by atoms with E-state index in [-0.39, 0.29) is 11.1 Å². The second kappa shape index (κ2) is 6.53. The Hall–Kier alpha value is -2.32. The zero-order chi connectivity index (χ0) is 17.3. The van der Waals surface area contributed by atoms with E-state index in [9.17, 15) is 8.42 Å². The van der Waals surface area contributed by atoms with E-state index in [1.807, 2.05) is 18.4 Å². The van der Waals surface area contributed by atoms with Gasteiger partial charge < -0.3 is 0 Å². The highest BCUT2D eigenvalue weighted by Gasteiger charge is 2.37. The summed E-state index contributed by atoms with van der Waals surface area (Å²) in [5.74, 6) is 0. The van der Waals surface area contributed by atoms with Gasteiger partial charge in [-0.25, -0.2) is 13.4 Å². The standard InChI is InChI=1S/C17H19N5O2S/c23-25(24,17-14-7-5-10-19-16(14)20-21-17)22-11-4-2-8-15(22)13-6-1-3-9-18-12-13/h1,5-7,9-10,12,15H,2-4,8,11H2,(H,19,20,21). The Morgan fingerprint density at radius 1 is 1.28 bits per heavy atom. The number of sulfonamides is 1. The van der Waals surface area contributed by atoms with Crippen molar-refractivity contribution in [3.63, 3.8) is 0 Å². The van der Waals surface area contributed by atoms with Gasteiger partial charge in [-0.3, -0.25) is 10.1 Å². The van der Waals surface area contributed by atoms with Crippen molar-refractivity contribution in [2.45, 2.75) is 36.8 Å². The van der Waals surface area contributed by atoms with E-state index < -0.39 is 10.0 Å². The largest absolute Gasteiger partial charge is 0.268 e. The van der Waals surface area contributed by atoms with E-state index in [0.29, 0.717) is 17.6 Å². The van der Waals surface area contributed by atoms with Crippen LogP contribution >= 0.6 is 0 Å². The van der Waals surface area contributed by atoms with Crippen LogP contribution < -0.4 is 0 Å². The van der Waals surface area contributed by atoms with Crippen molar-refractivity contribution >= 4 is 27.3 Å². The first-order chi connectivity index (χ1) is 12.2. The average Bonchev–Trinajstić information content (AvgIpc) is 2.89. The van der Waals surface area contributed by atoms with E-state index in [1.165, 1.54) is 0 Å². The fourth-order valence-electron chi connectivity index (χ4n) is 3.37. The number of nitrogens with one attached hydrogen (secondary N) is 1. The molecule has 2 aliphatic rings. The molecule has 1 N–H and O–H groups in total. The quantitative estimate of drug-likeness (QED) is 0.913. The highest BCUT2D eigenvalue weighted by molar-refractivity contribution is 7.89. The molecule has 8 heteroatoms. The van der Waals surface area contributed by atoms with Crippen LogP contribution in [0.1, 0.15) is 25.7 Å². The van der Waals surface area contributed by atoms with Crippen LogP contribution in [0.5, 0.6) is 0 Å². The lowest BCUT2D eigenvalue weighted by Crippen LogP contribution is -2.44. The molecule has 0 amide bonds. The molecule has 4 rings (SSSR count). The maximum Gasteiger partial charge on any atom is 0.261 e. The number of hydrogen-bond acceptors (Lipinski definition) is 5. The Morgan fingerprint density at radius 3 is 3.12 bits per heavy atom. The first-order valence-corrected chi connectivity index (χ1v) is 9.81. The Bertz CT molecular complexity index is 974. The SMILES string of the molecule is O=S(=O)(c1[nH]nc2ncccc12)N1CCCCC1C1=CN=CCC=C1. The van der Waals surface area contributed by atoms with Gasteiger partial charge in [-0.05, 0) is 30.5 Å². The van der Waals surface area contributed by atoms with Crippen LogP contribution in [0.4, 0.5) is 0 Å². The summed E-state index contributed by atoms with van der Waals surface area (Å²) < 4.78 is 28.3. The molecule has 25 heavy (non-hydrogen) atoms. The van der Waals surface area contributed by atoms with Gasteiger partial charge in [-0.2, -0.15) is 9.40 Å². The minimum atomic E-state index is -3.71. The fourth-order valence-corrected chi connectivity index (χ4v) is 5.14. The van der Waals surface area contributed by atoms with Crippen LogP contribution in [0.25, 0.3) is 11.0 Å². The number of piperidine rings is 1. The molecule has 1 atom stereocenters. The third-order valence-corrected chi connectivity index (χ3v) is 6.46. The molecule has 0 spiro atoms. The molecule has 2 aromatic rings. The summed E-state index contributed by atoms with van der Waals surface area (Å²) in [6.45, 7) is 0.489. The maximum atomic E-state index is 13.3. The summed E-state index contributed by atoms with van der Waals surface area (Å²) >= 11 is 0. The van der Waals surface area contributed by atoms with Gasteiger partial charge in [0.1, 0.15) is 0 Å². The fraction of sp³-hybridized carbons (Fsp3) is 0.353. The summed E-state index contributed by atoms with van der Waals surface area (Å²) in [5.41, 5.74) is 1.34. The van der Waals surface area contributed by atoms with E-state index in [4.69, 9.17) is 0 Å². The summed E-state index contributed by atoms with van der Waals surface area (Å²) in [4.78, 5) is 8.37. The molecule has 1 unspecified atom stereocenters. The molecular weight excluding hydrogens is 338 g/mol. The van der Waals surface area contributed by atoms with E-state index in [1.54, 1.807) is 28.8 Å². The molecule has 1 fully saturated rings. The van der Waals surface area contributed by atoms with Gasteiger partial charge in [-0.15, -0.1) is 0 Å². The van der Waals surface area contributed by atoms with Gasteiger partial charge in [-0.1, -0.05) is 18.6 Å². The topological polar surface area (TPSA) is 91.3 Å². The van der Waals surface area contributed by atoms with Gasteiger partial charge in [0, 0.05) is 31.6 Å². The molecule has 130 valence electrons. The molecular formula is C17H19N5O2S. The van der Waals surface area contributed by atoms with Crippen LogP contribution in [0.2, 0.25) is 0 Å². The number of H-pyrrole nitrogens is 1. The zero-order valence-corrected chi connectivity index (χ0v) is 14.5. The van der Waals surface area contributed by atoms with Gasteiger partial charge in [0.25, 0.3) is 10.0 Å². The third kappa shape index (κ3) is 2.91. The van der Waals surface area contributed by atoms with Crippen molar-refractivity contribution in [1.82, 2.24) is 19.5 Å². The monoisotopic (exact) mass is 357 g/mol. The molecule has 0 aromatic carbocycles. The molecule has 0 aliphatic carbocycles. The second-order valence-electron chi connectivity index (χ2n) is 6.15. The van der Waals surface area contributed by atoms with Crippen LogP contribution in [0.15, 0.2) is 52.3 Å². The highest BCUT2D eigenvalue weighted by atomic mass is 32.2. The molecule has 0 saturated carbocycles.